The molecule has 88 valence electrons. The number of hydrogen-bond donors (Lipinski definition) is 1. The average molecular weight is 259 g/mol. The summed E-state index contributed by atoms with van der Waals surface area (Å²) >= 11 is 12.1. The third-order valence-electron chi connectivity index (χ3n) is 3.67. The summed E-state index contributed by atoms with van der Waals surface area (Å²) in [5.74, 6) is 0.336. The minimum Gasteiger partial charge on any atom is -0.389 e. The van der Waals surface area contributed by atoms with Gasteiger partial charge in [-0.15, -0.1) is 0 Å². The van der Waals surface area contributed by atoms with E-state index in [4.69, 9.17) is 23.2 Å². The van der Waals surface area contributed by atoms with E-state index in [1.165, 1.54) is 0 Å². The van der Waals surface area contributed by atoms with Crippen molar-refractivity contribution in [3.8, 4) is 0 Å². The van der Waals surface area contributed by atoms with Gasteiger partial charge < -0.3 is 5.11 Å². The van der Waals surface area contributed by atoms with Gasteiger partial charge >= 0.3 is 0 Å². The molecule has 2 rings (SSSR count). The van der Waals surface area contributed by atoms with E-state index < -0.39 is 5.60 Å². The lowest BCUT2D eigenvalue weighted by Gasteiger charge is -2.28. The van der Waals surface area contributed by atoms with Crippen LogP contribution in [0.5, 0.6) is 0 Å². The first-order chi connectivity index (χ1) is 7.51. The molecule has 1 saturated carbocycles. The number of rotatable bonds is 2. The monoisotopic (exact) mass is 258 g/mol. The van der Waals surface area contributed by atoms with Crippen LogP contribution in [0.3, 0.4) is 0 Å². The lowest BCUT2D eigenvalue weighted by Crippen LogP contribution is -2.34. The molecule has 1 aromatic carbocycles. The molecule has 1 N–H and O–H groups in total. The molecule has 0 saturated heterocycles. The fraction of sp³-hybridized carbons (Fsp3) is 0.538. The number of halogens is 2. The quantitative estimate of drug-likeness (QED) is 0.848. The second-order valence-corrected chi connectivity index (χ2v) is 5.65. The van der Waals surface area contributed by atoms with Crippen molar-refractivity contribution in [2.75, 3.05) is 0 Å². The molecular weight excluding hydrogens is 243 g/mol. The fourth-order valence-corrected chi connectivity index (χ4v) is 2.88. The van der Waals surface area contributed by atoms with Crippen LogP contribution >= 0.6 is 23.2 Å². The van der Waals surface area contributed by atoms with Crippen molar-refractivity contribution in [1.29, 1.82) is 0 Å². The van der Waals surface area contributed by atoms with E-state index in [-0.39, 0.29) is 0 Å². The molecule has 0 aromatic heterocycles. The average Bonchev–Trinajstić information content (AvgIpc) is 2.53. The van der Waals surface area contributed by atoms with Gasteiger partial charge in [-0.1, -0.05) is 36.5 Å². The van der Waals surface area contributed by atoms with E-state index >= 15 is 0 Å². The van der Waals surface area contributed by atoms with Crippen molar-refractivity contribution >= 4 is 23.2 Å². The van der Waals surface area contributed by atoms with Gasteiger partial charge in [0.25, 0.3) is 0 Å². The molecule has 3 heteroatoms. The van der Waals surface area contributed by atoms with Crippen molar-refractivity contribution in [2.45, 2.75) is 38.2 Å². The SMILES string of the molecule is CC1CCCC1(O)Cc1cc(Cl)ccc1Cl. The molecule has 1 aliphatic carbocycles. The molecule has 2 atom stereocenters. The van der Waals surface area contributed by atoms with Crippen LogP contribution in [0, 0.1) is 5.92 Å². The van der Waals surface area contributed by atoms with E-state index in [0.29, 0.717) is 22.4 Å². The summed E-state index contributed by atoms with van der Waals surface area (Å²) in [6, 6.07) is 5.42. The molecule has 0 spiro atoms. The second kappa shape index (κ2) is 4.56. The van der Waals surface area contributed by atoms with Crippen molar-refractivity contribution < 1.29 is 5.11 Å². The molecule has 1 aliphatic rings. The molecule has 0 radical (unpaired) electrons. The topological polar surface area (TPSA) is 20.2 Å². The summed E-state index contributed by atoms with van der Waals surface area (Å²) in [5.41, 5.74) is 0.347. The molecule has 1 aromatic rings. The van der Waals surface area contributed by atoms with Gasteiger partial charge in [0.1, 0.15) is 0 Å². The molecule has 0 bridgehead atoms. The lowest BCUT2D eigenvalue weighted by molar-refractivity contribution is 0.00961. The van der Waals surface area contributed by atoms with E-state index in [1.807, 2.05) is 6.07 Å². The highest BCUT2D eigenvalue weighted by Crippen LogP contribution is 2.39. The highest BCUT2D eigenvalue weighted by atomic mass is 35.5. The maximum absolute atomic E-state index is 10.5. The Labute approximate surface area is 106 Å². The number of hydrogen-bond acceptors (Lipinski definition) is 1. The summed E-state index contributed by atoms with van der Waals surface area (Å²) < 4.78 is 0. The van der Waals surface area contributed by atoms with Crippen molar-refractivity contribution in [3.05, 3.63) is 33.8 Å². The standard InChI is InChI=1S/C13H16Cl2O/c1-9-3-2-6-13(9,16)8-10-7-11(14)4-5-12(10)15/h4-5,7,9,16H,2-3,6,8H2,1H3. The molecule has 1 nitrogen and oxygen atoms in total. The predicted octanol–water partition coefficient (Wildman–Crippen LogP) is 4.09. The summed E-state index contributed by atoms with van der Waals surface area (Å²) in [5, 5.41) is 11.9. The van der Waals surface area contributed by atoms with Crippen LogP contribution < -0.4 is 0 Å². The zero-order valence-electron chi connectivity index (χ0n) is 9.34. The van der Waals surface area contributed by atoms with Gasteiger partial charge in [0.2, 0.25) is 0 Å². The van der Waals surface area contributed by atoms with E-state index in [9.17, 15) is 5.11 Å². The van der Waals surface area contributed by atoms with Gasteiger partial charge in [-0.05, 0) is 42.5 Å². The predicted molar refractivity (Wildman–Crippen MR) is 68.1 cm³/mol. The molecular formula is C13H16Cl2O. The first-order valence-electron chi connectivity index (χ1n) is 5.67. The van der Waals surface area contributed by atoms with Crippen molar-refractivity contribution in [3.63, 3.8) is 0 Å². The Kier molecular flexibility index (Phi) is 3.48. The van der Waals surface area contributed by atoms with Crippen LogP contribution in [0.4, 0.5) is 0 Å². The maximum atomic E-state index is 10.5. The van der Waals surface area contributed by atoms with Crippen LogP contribution in [0.15, 0.2) is 18.2 Å². The zero-order chi connectivity index (χ0) is 11.8. The number of benzene rings is 1. The van der Waals surface area contributed by atoms with Crippen LogP contribution in [0.1, 0.15) is 31.7 Å². The summed E-state index contributed by atoms with van der Waals surface area (Å²) in [6.45, 7) is 2.10. The fourth-order valence-electron chi connectivity index (χ4n) is 2.50. The van der Waals surface area contributed by atoms with Crippen LogP contribution in [0.25, 0.3) is 0 Å². The molecule has 0 heterocycles. The highest BCUT2D eigenvalue weighted by molar-refractivity contribution is 6.33. The Morgan fingerprint density at radius 3 is 2.81 bits per heavy atom. The Morgan fingerprint density at radius 1 is 1.44 bits per heavy atom. The highest BCUT2D eigenvalue weighted by Gasteiger charge is 2.38. The van der Waals surface area contributed by atoms with Crippen molar-refractivity contribution in [2.24, 2.45) is 5.92 Å². The summed E-state index contributed by atoms with van der Waals surface area (Å²) in [6.07, 6.45) is 3.65. The first-order valence-corrected chi connectivity index (χ1v) is 6.43. The maximum Gasteiger partial charge on any atom is 0.0713 e. The third-order valence-corrected chi connectivity index (χ3v) is 4.27. The van der Waals surface area contributed by atoms with Gasteiger partial charge in [0, 0.05) is 16.5 Å². The van der Waals surface area contributed by atoms with Gasteiger partial charge in [-0.3, -0.25) is 0 Å². The van der Waals surface area contributed by atoms with Crippen LogP contribution in [-0.2, 0) is 6.42 Å². The minimum atomic E-state index is -0.603. The van der Waals surface area contributed by atoms with E-state index in [0.717, 1.165) is 24.8 Å². The smallest absolute Gasteiger partial charge is 0.0713 e. The van der Waals surface area contributed by atoms with Gasteiger partial charge in [0.05, 0.1) is 5.60 Å². The molecule has 1 fully saturated rings. The normalized spacial score (nSPS) is 29.6. The minimum absolute atomic E-state index is 0.336. The zero-order valence-corrected chi connectivity index (χ0v) is 10.9. The molecule has 16 heavy (non-hydrogen) atoms. The third kappa shape index (κ3) is 2.37. The van der Waals surface area contributed by atoms with Gasteiger partial charge in [0.15, 0.2) is 0 Å². The van der Waals surface area contributed by atoms with Crippen LogP contribution in [0.2, 0.25) is 10.0 Å². The Bertz CT molecular complexity index is 392. The Hall–Kier alpha value is -0.240. The molecule has 0 amide bonds. The Morgan fingerprint density at radius 2 is 2.19 bits per heavy atom. The molecule has 2 unspecified atom stereocenters. The largest absolute Gasteiger partial charge is 0.389 e. The van der Waals surface area contributed by atoms with Crippen molar-refractivity contribution in [1.82, 2.24) is 0 Å². The van der Waals surface area contributed by atoms with E-state index in [1.54, 1.807) is 12.1 Å². The summed E-state index contributed by atoms with van der Waals surface area (Å²) in [7, 11) is 0. The first kappa shape index (κ1) is 12.2. The van der Waals surface area contributed by atoms with E-state index in [2.05, 4.69) is 6.92 Å². The number of aliphatic hydroxyl groups is 1. The van der Waals surface area contributed by atoms with Crippen LogP contribution in [-0.4, -0.2) is 10.7 Å². The Balaban J connectivity index is 2.23. The summed E-state index contributed by atoms with van der Waals surface area (Å²) in [4.78, 5) is 0. The molecule has 0 aliphatic heterocycles. The van der Waals surface area contributed by atoms with Gasteiger partial charge in [-0.25, -0.2) is 0 Å². The van der Waals surface area contributed by atoms with Gasteiger partial charge in [-0.2, -0.15) is 0 Å². The second-order valence-electron chi connectivity index (χ2n) is 4.81. The lowest BCUT2D eigenvalue weighted by atomic mass is 9.86.